The van der Waals surface area contributed by atoms with Gasteiger partial charge in [-0.1, -0.05) is 54.4 Å². The molecule has 2 nitrogen and oxygen atoms in total. The summed E-state index contributed by atoms with van der Waals surface area (Å²) < 4.78 is 11.9. The second kappa shape index (κ2) is 6.91. The lowest BCUT2D eigenvalue weighted by molar-refractivity contribution is -0.154. The van der Waals surface area contributed by atoms with Gasteiger partial charge in [0, 0.05) is 5.92 Å². The normalized spacial score (nSPS) is 39.0. The molecule has 0 amide bonds. The van der Waals surface area contributed by atoms with Crippen LogP contribution in [0.5, 0.6) is 0 Å². The summed E-state index contributed by atoms with van der Waals surface area (Å²) in [5, 5.41) is 0. The van der Waals surface area contributed by atoms with Crippen molar-refractivity contribution in [1.29, 1.82) is 0 Å². The zero-order valence-corrected chi connectivity index (χ0v) is 13.2. The van der Waals surface area contributed by atoms with Crippen LogP contribution in [0.4, 0.5) is 0 Å². The summed E-state index contributed by atoms with van der Waals surface area (Å²) in [7, 11) is 0. The fourth-order valence-corrected chi connectivity index (χ4v) is 3.51. The molecule has 0 aromatic heterocycles. The van der Waals surface area contributed by atoms with E-state index in [4.69, 9.17) is 9.47 Å². The Morgan fingerprint density at radius 3 is 2.39 bits per heavy atom. The van der Waals surface area contributed by atoms with Crippen molar-refractivity contribution >= 4 is 0 Å². The molecule has 1 aliphatic carbocycles. The molecule has 1 heterocycles. The van der Waals surface area contributed by atoms with E-state index in [1.807, 2.05) is 13.8 Å². The third-order valence-corrected chi connectivity index (χ3v) is 4.52. The van der Waals surface area contributed by atoms with Crippen molar-refractivity contribution in [2.45, 2.75) is 79.6 Å². The van der Waals surface area contributed by atoms with Crippen LogP contribution < -0.4 is 0 Å². The number of hydrogen-bond donors (Lipinski definition) is 0. The number of rotatable bonds is 2. The van der Waals surface area contributed by atoms with Crippen LogP contribution in [0.2, 0.25) is 0 Å². The van der Waals surface area contributed by atoms with E-state index in [0.717, 1.165) is 18.9 Å². The Hall–Kier alpha value is -0.0800. The van der Waals surface area contributed by atoms with Crippen LogP contribution in [0.3, 0.4) is 0 Å². The van der Waals surface area contributed by atoms with E-state index in [0.29, 0.717) is 17.4 Å². The van der Waals surface area contributed by atoms with Gasteiger partial charge in [0.05, 0.1) is 12.7 Å². The minimum atomic E-state index is 0.0512. The van der Waals surface area contributed by atoms with Crippen LogP contribution in [0.15, 0.2) is 0 Å². The molecule has 1 saturated heterocycles. The lowest BCUT2D eigenvalue weighted by atomic mass is 9.64. The van der Waals surface area contributed by atoms with Gasteiger partial charge in [-0.2, -0.15) is 0 Å². The molecule has 0 N–H and O–H groups in total. The van der Waals surface area contributed by atoms with E-state index >= 15 is 0 Å². The molecule has 4 atom stereocenters. The third kappa shape index (κ3) is 3.48. The molecule has 1 saturated carbocycles. The maximum absolute atomic E-state index is 6.03. The summed E-state index contributed by atoms with van der Waals surface area (Å²) in [6.07, 6.45) is 5.44. The first kappa shape index (κ1) is 16.0. The smallest absolute Gasteiger partial charge is 0.161 e. The highest BCUT2D eigenvalue weighted by Crippen LogP contribution is 2.47. The van der Waals surface area contributed by atoms with Gasteiger partial charge in [0.1, 0.15) is 0 Å². The molecule has 0 radical (unpaired) electrons. The van der Waals surface area contributed by atoms with E-state index < -0.39 is 0 Å². The van der Waals surface area contributed by atoms with Crippen molar-refractivity contribution in [2.24, 2.45) is 17.3 Å². The molecule has 0 aromatic carbocycles. The molecule has 1 aliphatic heterocycles. The lowest BCUT2D eigenvalue weighted by Crippen LogP contribution is -2.42. The molecule has 108 valence electrons. The quantitative estimate of drug-likeness (QED) is 0.717. The predicted molar refractivity (Wildman–Crippen MR) is 76.5 cm³/mol. The topological polar surface area (TPSA) is 18.5 Å². The summed E-state index contributed by atoms with van der Waals surface area (Å²) in [5.74, 6) is 1.29. The molecule has 0 bridgehead atoms. The zero-order chi connectivity index (χ0) is 13.8. The monoisotopic (exact) mass is 256 g/mol. The molecular weight excluding hydrogens is 224 g/mol. The Labute approximate surface area is 113 Å². The Morgan fingerprint density at radius 1 is 1.22 bits per heavy atom. The van der Waals surface area contributed by atoms with E-state index in [1.165, 1.54) is 19.3 Å². The minimum Gasteiger partial charge on any atom is -0.350 e. The average Bonchev–Trinajstić information content (AvgIpc) is 2.79. The Morgan fingerprint density at radius 2 is 1.89 bits per heavy atom. The molecule has 2 rings (SSSR count). The molecule has 0 aromatic rings. The maximum Gasteiger partial charge on any atom is 0.161 e. The first-order chi connectivity index (χ1) is 8.54. The van der Waals surface area contributed by atoms with Crippen molar-refractivity contribution < 1.29 is 9.47 Å². The molecular formula is C16H32O2. The highest BCUT2D eigenvalue weighted by Gasteiger charge is 2.45. The molecule has 2 fully saturated rings. The summed E-state index contributed by atoms with van der Waals surface area (Å²) in [4.78, 5) is 0. The Bertz CT molecular complexity index is 237. The highest BCUT2D eigenvalue weighted by molar-refractivity contribution is 4.90. The average molecular weight is 256 g/mol. The maximum atomic E-state index is 6.03. The van der Waals surface area contributed by atoms with Crippen molar-refractivity contribution in [3.05, 3.63) is 0 Å². The van der Waals surface area contributed by atoms with Crippen LogP contribution >= 0.6 is 0 Å². The van der Waals surface area contributed by atoms with E-state index in [2.05, 4.69) is 27.7 Å². The van der Waals surface area contributed by atoms with E-state index in [1.54, 1.807) is 0 Å². The van der Waals surface area contributed by atoms with Crippen LogP contribution in [-0.2, 0) is 9.47 Å². The molecule has 18 heavy (non-hydrogen) atoms. The fourth-order valence-electron chi connectivity index (χ4n) is 3.51. The molecule has 2 aliphatic rings. The number of hydrogen-bond acceptors (Lipinski definition) is 2. The second-order valence-electron chi connectivity index (χ2n) is 6.25. The summed E-state index contributed by atoms with van der Waals surface area (Å²) in [6, 6.07) is 0. The highest BCUT2D eigenvalue weighted by atomic mass is 16.7. The number of ether oxygens (including phenoxy) is 2. The largest absolute Gasteiger partial charge is 0.350 e. The van der Waals surface area contributed by atoms with Crippen molar-refractivity contribution in [3.63, 3.8) is 0 Å². The standard InChI is InChI=1S/C14H26O2.C2H6/c1-5-11-9-15-13(16-11)12-10(2)7-6-8-14(12,3)4;1-2/h10-13H,5-9H2,1-4H3;1-2H3. The Balaban J connectivity index is 0.000000771. The van der Waals surface area contributed by atoms with Gasteiger partial charge in [-0.25, -0.2) is 0 Å². The van der Waals surface area contributed by atoms with Crippen LogP contribution in [0, 0.1) is 17.3 Å². The first-order valence-electron chi connectivity index (χ1n) is 7.81. The first-order valence-corrected chi connectivity index (χ1v) is 7.81. The summed E-state index contributed by atoms with van der Waals surface area (Å²) >= 11 is 0. The zero-order valence-electron chi connectivity index (χ0n) is 13.2. The second-order valence-corrected chi connectivity index (χ2v) is 6.25. The van der Waals surface area contributed by atoms with Gasteiger partial charge in [0.25, 0.3) is 0 Å². The Kier molecular flexibility index (Phi) is 6.13. The third-order valence-electron chi connectivity index (χ3n) is 4.52. The van der Waals surface area contributed by atoms with Gasteiger partial charge in [0.2, 0.25) is 0 Å². The predicted octanol–water partition coefficient (Wildman–Crippen LogP) is 4.63. The van der Waals surface area contributed by atoms with Crippen LogP contribution in [-0.4, -0.2) is 19.0 Å². The van der Waals surface area contributed by atoms with E-state index in [9.17, 15) is 0 Å². The van der Waals surface area contributed by atoms with Crippen molar-refractivity contribution in [2.75, 3.05) is 6.61 Å². The summed E-state index contributed by atoms with van der Waals surface area (Å²) in [5.41, 5.74) is 0.366. The van der Waals surface area contributed by atoms with Gasteiger partial charge in [-0.05, 0) is 24.2 Å². The minimum absolute atomic E-state index is 0.0512. The van der Waals surface area contributed by atoms with Gasteiger partial charge in [-0.15, -0.1) is 0 Å². The SMILES string of the molecule is CC.CCC1COC(C2C(C)CCCC2(C)C)O1. The molecule has 2 heteroatoms. The van der Waals surface area contributed by atoms with Gasteiger partial charge < -0.3 is 9.47 Å². The van der Waals surface area contributed by atoms with Gasteiger partial charge >= 0.3 is 0 Å². The molecule has 4 unspecified atom stereocenters. The fraction of sp³-hybridized carbons (Fsp3) is 1.00. The van der Waals surface area contributed by atoms with Crippen LogP contribution in [0.25, 0.3) is 0 Å². The lowest BCUT2D eigenvalue weighted by Gasteiger charge is -2.45. The van der Waals surface area contributed by atoms with Gasteiger partial charge in [-0.3, -0.25) is 0 Å². The van der Waals surface area contributed by atoms with Gasteiger partial charge in [0.15, 0.2) is 6.29 Å². The summed E-state index contributed by atoms with van der Waals surface area (Å²) in [6.45, 7) is 14.1. The van der Waals surface area contributed by atoms with Crippen LogP contribution in [0.1, 0.15) is 67.2 Å². The van der Waals surface area contributed by atoms with E-state index in [-0.39, 0.29) is 6.29 Å². The van der Waals surface area contributed by atoms with Crippen molar-refractivity contribution in [3.8, 4) is 0 Å². The van der Waals surface area contributed by atoms with Crippen molar-refractivity contribution in [1.82, 2.24) is 0 Å². The molecule has 0 spiro atoms.